The van der Waals surface area contributed by atoms with Crippen LogP contribution in [0.4, 0.5) is 0 Å². The highest BCUT2D eigenvalue weighted by atomic mass is 32.1. The van der Waals surface area contributed by atoms with Crippen molar-refractivity contribution in [2.45, 2.75) is 32.2 Å². The first-order chi connectivity index (χ1) is 6.94. The Balaban J connectivity index is 2.70. The largest absolute Gasteiger partial charge is 0.465 e. The van der Waals surface area contributed by atoms with E-state index in [1.165, 1.54) is 18.4 Å². The SMILES string of the molecule is COC(=O)c1sccc1CCC(C)(C)N. The van der Waals surface area contributed by atoms with Gasteiger partial charge in [-0.2, -0.15) is 0 Å². The van der Waals surface area contributed by atoms with E-state index in [9.17, 15) is 4.79 Å². The molecule has 0 atom stereocenters. The highest BCUT2D eigenvalue weighted by Gasteiger charge is 2.16. The second kappa shape index (κ2) is 4.77. The van der Waals surface area contributed by atoms with E-state index in [1.54, 1.807) is 0 Å². The van der Waals surface area contributed by atoms with E-state index >= 15 is 0 Å². The first kappa shape index (κ1) is 12.2. The van der Waals surface area contributed by atoms with Crippen LogP contribution in [0, 0.1) is 0 Å². The van der Waals surface area contributed by atoms with Gasteiger partial charge in [0.2, 0.25) is 0 Å². The van der Waals surface area contributed by atoms with Crippen molar-refractivity contribution in [2.24, 2.45) is 5.73 Å². The molecule has 0 radical (unpaired) electrons. The number of hydrogen-bond donors (Lipinski definition) is 1. The highest BCUT2D eigenvalue weighted by molar-refractivity contribution is 7.12. The third kappa shape index (κ3) is 3.64. The molecule has 84 valence electrons. The Labute approximate surface area is 94.2 Å². The molecule has 3 nitrogen and oxygen atoms in total. The summed E-state index contributed by atoms with van der Waals surface area (Å²) < 4.78 is 4.71. The van der Waals surface area contributed by atoms with Crippen LogP contribution in [-0.4, -0.2) is 18.6 Å². The van der Waals surface area contributed by atoms with Crippen LogP contribution in [0.1, 0.15) is 35.5 Å². The number of carbonyl (C=O) groups excluding carboxylic acids is 1. The Kier molecular flexibility index (Phi) is 3.88. The predicted octanol–water partition coefficient (Wildman–Crippen LogP) is 2.20. The van der Waals surface area contributed by atoms with Gasteiger partial charge in [-0.05, 0) is 43.7 Å². The van der Waals surface area contributed by atoms with Gasteiger partial charge in [0.1, 0.15) is 4.88 Å². The number of ether oxygens (including phenoxy) is 1. The van der Waals surface area contributed by atoms with Crippen molar-refractivity contribution < 1.29 is 9.53 Å². The summed E-state index contributed by atoms with van der Waals surface area (Å²) in [4.78, 5) is 12.1. The Bertz CT molecular complexity index is 339. The van der Waals surface area contributed by atoms with E-state index < -0.39 is 0 Å². The maximum atomic E-state index is 11.4. The van der Waals surface area contributed by atoms with Crippen molar-refractivity contribution in [3.05, 3.63) is 21.9 Å². The van der Waals surface area contributed by atoms with Gasteiger partial charge < -0.3 is 10.5 Å². The Morgan fingerprint density at radius 3 is 2.80 bits per heavy atom. The van der Waals surface area contributed by atoms with Crippen LogP contribution >= 0.6 is 11.3 Å². The Morgan fingerprint density at radius 1 is 1.60 bits per heavy atom. The zero-order valence-corrected chi connectivity index (χ0v) is 10.2. The van der Waals surface area contributed by atoms with Gasteiger partial charge in [0, 0.05) is 5.54 Å². The molecule has 0 saturated heterocycles. The molecule has 0 bridgehead atoms. The monoisotopic (exact) mass is 227 g/mol. The quantitative estimate of drug-likeness (QED) is 0.802. The molecule has 0 aliphatic carbocycles. The molecule has 0 aliphatic rings. The lowest BCUT2D eigenvalue weighted by atomic mass is 9.97. The minimum Gasteiger partial charge on any atom is -0.465 e. The van der Waals surface area contributed by atoms with Gasteiger partial charge in [0.05, 0.1) is 7.11 Å². The Hall–Kier alpha value is -0.870. The molecule has 4 heteroatoms. The maximum Gasteiger partial charge on any atom is 0.348 e. The zero-order chi connectivity index (χ0) is 11.5. The van der Waals surface area contributed by atoms with Crippen LogP contribution < -0.4 is 5.73 Å². The van der Waals surface area contributed by atoms with Gasteiger partial charge in [-0.15, -0.1) is 11.3 Å². The lowest BCUT2D eigenvalue weighted by Crippen LogP contribution is -2.32. The topological polar surface area (TPSA) is 52.3 Å². The average Bonchev–Trinajstić information content (AvgIpc) is 2.60. The first-order valence-corrected chi connectivity index (χ1v) is 5.75. The summed E-state index contributed by atoms with van der Waals surface area (Å²) in [6, 6.07) is 1.96. The van der Waals surface area contributed by atoms with Crippen molar-refractivity contribution in [2.75, 3.05) is 7.11 Å². The molecule has 15 heavy (non-hydrogen) atoms. The number of thiophene rings is 1. The highest BCUT2D eigenvalue weighted by Crippen LogP contribution is 2.21. The second-order valence-electron chi connectivity index (χ2n) is 4.26. The summed E-state index contributed by atoms with van der Waals surface area (Å²) >= 11 is 1.42. The molecule has 1 heterocycles. The number of aryl methyl sites for hydroxylation is 1. The molecule has 1 aromatic heterocycles. The predicted molar refractivity (Wildman–Crippen MR) is 62.2 cm³/mol. The fraction of sp³-hybridized carbons (Fsp3) is 0.545. The lowest BCUT2D eigenvalue weighted by molar-refractivity contribution is 0.0605. The van der Waals surface area contributed by atoms with Crippen LogP contribution in [0.25, 0.3) is 0 Å². The molecule has 1 aromatic rings. The van der Waals surface area contributed by atoms with Crippen molar-refractivity contribution >= 4 is 17.3 Å². The minimum absolute atomic E-state index is 0.199. The van der Waals surface area contributed by atoms with Crippen molar-refractivity contribution in [1.82, 2.24) is 0 Å². The molecule has 0 unspecified atom stereocenters. The number of methoxy groups -OCH3 is 1. The van der Waals surface area contributed by atoms with Crippen LogP contribution in [0.5, 0.6) is 0 Å². The number of carbonyl (C=O) groups is 1. The molecule has 0 aliphatic heterocycles. The number of nitrogens with two attached hydrogens (primary N) is 1. The Morgan fingerprint density at radius 2 is 2.27 bits per heavy atom. The average molecular weight is 227 g/mol. The zero-order valence-electron chi connectivity index (χ0n) is 9.37. The summed E-state index contributed by atoms with van der Waals surface area (Å²) in [5.74, 6) is -0.255. The number of hydrogen-bond acceptors (Lipinski definition) is 4. The fourth-order valence-corrected chi connectivity index (χ4v) is 2.13. The summed E-state index contributed by atoms with van der Waals surface area (Å²) in [5, 5.41) is 1.91. The second-order valence-corrected chi connectivity index (χ2v) is 5.17. The van der Waals surface area contributed by atoms with Crippen molar-refractivity contribution in [3.63, 3.8) is 0 Å². The van der Waals surface area contributed by atoms with Gasteiger partial charge in [-0.25, -0.2) is 4.79 Å². The lowest BCUT2D eigenvalue weighted by Gasteiger charge is -2.17. The summed E-state index contributed by atoms with van der Waals surface area (Å²) in [5.41, 5.74) is 6.73. The van der Waals surface area contributed by atoms with Gasteiger partial charge in [-0.3, -0.25) is 0 Å². The standard InChI is InChI=1S/C11H17NO2S/c1-11(2,12)6-4-8-5-7-15-9(8)10(13)14-3/h5,7H,4,6,12H2,1-3H3. The molecule has 0 fully saturated rings. The normalized spacial score (nSPS) is 11.5. The fourth-order valence-electron chi connectivity index (χ4n) is 1.26. The number of esters is 1. The maximum absolute atomic E-state index is 11.4. The molecular weight excluding hydrogens is 210 g/mol. The van der Waals surface area contributed by atoms with E-state index in [-0.39, 0.29) is 11.5 Å². The molecular formula is C11H17NO2S. The van der Waals surface area contributed by atoms with Crippen molar-refractivity contribution in [3.8, 4) is 0 Å². The van der Waals surface area contributed by atoms with E-state index in [4.69, 9.17) is 10.5 Å². The molecule has 0 spiro atoms. The number of rotatable bonds is 4. The van der Waals surface area contributed by atoms with Crippen LogP contribution in [-0.2, 0) is 11.2 Å². The van der Waals surface area contributed by atoms with Crippen LogP contribution in [0.15, 0.2) is 11.4 Å². The summed E-state index contributed by atoms with van der Waals surface area (Å²) in [6.45, 7) is 3.97. The van der Waals surface area contributed by atoms with Gasteiger partial charge in [0.15, 0.2) is 0 Å². The van der Waals surface area contributed by atoms with Crippen LogP contribution in [0.2, 0.25) is 0 Å². The molecule has 0 saturated carbocycles. The van der Waals surface area contributed by atoms with Crippen molar-refractivity contribution in [1.29, 1.82) is 0 Å². The van der Waals surface area contributed by atoms with Gasteiger partial charge in [0.25, 0.3) is 0 Å². The minimum atomic E-state index is -0.255. The summed E-state index contributed by atoms with van der Waals surface area (Å²) in [6.07, 6.45) is 1.67. The van der Waals surface area contributed by atoms with Crippen LogP contribution in [0.3, 0.4) is 0 Å². The molecule has 0 amide bonds. The van der Waals surface area contributed by atoms with Gasteiger partial charge in [-0.1, -0.05) is 0 Å². The smallest absolute Gasteiger partial charge is 0.348 e. The molecule has 0 aromatic carbocycles. The van der Waals surface area contributed by atoms with E-state index in [0.29, 0.717) is 4.88 Å². The molecule has 1 rings (SSSR count). The molecule has 2 N–H and O–H groups in total. The van der Waals surface area contributed by atoms with E-state index in [1.807, 2.05) is 25.3 Å². The van der Waals surface area contributed by atoms with E-state index in [2.05, 4.69) is 0 Å². The third-order valence-corrected chi connectivity index (χ3v) is 3.09. The first-order valence-electron chi connectivity index (χ1n) is 4.87. The summed E-state index contributed by atoms with van der Waals surface area (Å²) in [7, 11) is 1.40. The van der Waals surface area contributed by atoms with E-state index in [0.717, 1.165) is 18.4 Å². The van der Waals surface area contributed by atoms with Gasteiger partial charge >= 0.3 is 5.97 Å². The third-order valence-electron chi connectivity index (χ3n) is 2.16.